The summed E-state index contributed by atoms with van der Waals surface area (Å²) in [6.45, 7) is 5.93. The van der Waals surface area contributed by atoms with Crippen LogP contribution in [0.15, 0.2) is 16.7 Å². The molecule has 0 aliphatic rings. The molecule has 16 heavy (non-hydrogen) atoms. The van der Waals surface area contributed by atoms with E-state index >= 15 is 0 Å². The molecular formula is C12H13ClN2O. The van der Waals surface area contributed by atoms with E-state index in [0.29, 0.717) is 16.7 Å². The summed E-state index contributed by atoms with van der Waals surface area (Å²) in [5.41, 5.74) is 2.92. The maximum Gasteiger partial charge on any atom is 0.197 e. The number of nitrogens with zero attached hydrogens (tertiary/aromatic N) is 2. The van der Waals surface area contributed by atoms with Gasteiger partial charge in [-0.1, -0.05) is 18.5 Å². The van der Waals surface area contributed by atoms with Crippen molar-refractivity contribution < 1.29 is 4.42 Å². The molecular weight excluding hydrogens is 224 g/mol. The Morgan fingerprint density at radius 1 is 1.31 bits per heavy atom. The summed E-state index contributed by atoms with van der Waals surface area (Å²) in [7, 11) is 0. The Labute approximate surface area is 99.5 Å². The van der Waals surface area contributed by atoms with E-state index in [9.17, 15) is 0 Å². The molecule has 84 valence electrons. The summed E-state index contributed by atoms with van der Waals surface area (Å²) in [4.78, 5) is 8.69. The van der Waals surface area contributed by atoms with E-state index in [1.54, 1.807) is 6.26 Å². The topological polar surface area (TPSA) is 38.9 Å². The number of furan rings is 1. The van der Waals surface area contributed by atoms with Crippen LogP contribution in [0.25, 0.3) is 11.6 Å². The van der Waals surface area contributed by atoms with Crippen molar-refractivity contribution in [3.05, 3.63) is 34.3 Å². The van der Waals surface area contributed by atoms with Gasteiger partial charge in [0.1, 0.15) is 5.15 Å². The standard InChI is InChI=1S/C12H13ClN2O/c1-4-9-8(3)14-12(15-11(9)13)10-7(2)5-6-16-10/h5-6H,4H2,1-3H3. The van der Waals surface area contributed by atoms with Crippen molar-refractivity contribution in [3.63, 3.8) is 0 Å². The van der Waals surface area contributed by atoms with Crippen LogP contribution in [0.3, 0.4) is 0 Å². The molecule has 0 radical (unpaired) electrons. The maximum absolute atomic E-state index is 6.11. The Morgan fingerprint density at radius 2 is 2.06 bits per heavy atom. The Balaban J connectivity index is 2.57. The second kappa shape index (κ2) is 4.26. The van der Waals surface area contributed by atoms with Gasteiger partial charge in [0.15, 0.2) is 11.6 Å². The lowest BCUT2D eigenvalue weighted by Crippen LogP contribution is -1.99. The van der Waals surface area contributed by atoms with Gasteiger partial charge >= 0.3 is 0 Å². The fraction of sp³-hybridized carbons (Fsp3) is 0.333. The molecule has 2 aromatic rings. The van der Waals surface area contributed by atoms with Gasteiger partial charge in [0.05, 0.1) is 6.26 Å². The maximum atomic E-state index is 6.11. The molecule has 4 heteroatoms. The number of hydrogen-bond donors (Lipinski definition) is 0. The molecule has 0 bridgehead atoms. The second-order valence-corrected chi connectivity index (χ2v) is 4.05. The van der Waals surface area contributed by atoms with E-state index in [0.717, 1.165) is 23.2 Å². The van der Waals surface area contributed by atoms with Gasteiger partial charge in [-0.05, 0) is 31.9 Å². The number of aromatic nitrogens is 2. The predicted octanol–water partition coefficient (Wildman–Crippen LogP) is 3.57. The zero-order chi connectivity index (χ0) is 11.7. The summed E-state index contributed by atoms with van der Waals surface area (Å²) < 4.78 is 5.35. The molecule has 2 rings (SSSR count). The highest BCUT2D eigenvalue weighted by Crippen LogP contribution is 2.25. The van der Waals surface area contributed by atoms with Crippen molar-refractivity contribution in [1.82, 2.24) is 9.97 Å². The minimum absolute atomic E-state index is 0.515. The monoisotopic (exact) mass is 236 g/mol. The molecule has 2 aromatic heterocycles. The van der Waals surface area contributed by atoms with Crippen molar-refractivity contribution >= 4 is 11.6 Å². The highest BCUT2D eigenvalue weighted by atomic mass is 35.5. The van der Waals surface area contributed by atoms with E-state index in [1.807, 2.05) is 26.8 Å². The van der Waals surface area contributed by atoms with Gasteiger partial charge in [0.2, 0.25) is 0 Å². The molecule has 0 unspecified atom stereocenters. The van der Waals surface area contributed by atoms with Gasteiger partial charge in [0.25, 0.3) is 0 Å². The highest BCUT2D eigenvalue weighted by molar-refractivity contribution is 6.30. The van der Waals surface area contributed by atoms with Gasteiger partial charge in [-0.15, -0.1) is 0 Å². The molecule has 0 aromatic carbocycles. The first-order chi connectivity index (χ1) is 7.63. The zero-order valence-electron chi connectivity index (χ0n) is 9.54. The van der Waals surface area contributed by atoms with E-state index < -0.39 is 0 Å². The average molecular weight is 237 g/mol. The molecule has 3 nitrogen and oxygen atoms in total. The van der Waals surface area contributed by atoms with E-state index in [2.05, 4.69) is 9.97 Å². The van der Waals surface area contributed by atoms with Crippen LogP contribution in [0.5, 0.6) is 0 Å². The smallest absolute Gasteiger partial charge is 0.197 e. The van der Waals surface area contributed by atoms with Crippen LogP contribution in [0.1, 0.15) is 23.7 Å². The van der Waals surface area contributed by atoms with Crippen LogP contribution in [-0.2, 0) is 6.42 Å². The van der Waals surface area contributed by atoms with Gasteiger partial charge in [0, 0.05) is 11.3 Å². The predicted molar refractivity (Wildman–Crippen MR) is 63.6 cm³/mol. The first-order valence-electron chi connectivity index (χ1n) is 5.21. The van der Waals surface area contributed by atoms with Crippen molar-refractivity contribution in [2.45, 2.75) is 27.2 Å². The number of aryl methyl sites for hydroxylation is 2. The lowest BCUT2D eigenvalue weighted by atomic mass is 10.2. The first-order valence-corrected chi connectivity index (χ1v) is 5.58. The molecule has 0 N–H and O–H groups in total. The van der Waals surface area contributed by atoms with Gasteiger partial charge in [-0.2, -0.15) is 0 Å². The molecule has 0 spiro atoms. The fourth-order valence-corrected chi connectivity index (χ4v) is 2.02. The largest absolute Gasteiger partial charge is 0.461 e. The average Bonchev–Trinajstić information content (AvgIpc) is 2.64. The Kier molecular flexibility index (Phi) is 2.97. The summed E-state index contributed by atoms with van der Waals surface area (Å²) >= 11 is 6.11. The van der Waals surface area contributed by atoms with Crippen molar-refractivity contribution in [2.24, 2.45) is 0 Å². The van der Waals surface area contributed by atoms with Gasteiger partial charge in [-0.25, -0.2) is 9.97 Å². The van der Waals surface area contributed by atoms with E-state index in [1.165, 1.54) is 0 Å². The minimum Gasteiger partial charge on any atom is -0.461 e. The Hall–Kier alpha value is -1.35. The van der Waals surface area contributed by atoms with Crippen LogP contribution >= 0.6 is 11.6 Å². The zero-order valence-corrected chi connectivity index (χ0v) is 10.3. The molecule has 0 fully saturated rings. The van der Waals surface area contributed by atoms with Crippen molar-refractivity contribution in [3.8, 4) is 11.6 Å². The first kappa shape index (κ1) is 11.1. The molecule has 0 amide bonds. The molecule has 0 atom stereocenters. The van der Waals surface area contributed by atoms with Crippen molar-refractivity contribution in [1.29, 1.82) is 0 Å². The fourth-order valence-electron chi connectivity index (χ4n) is 1.67. The Morgan fingerprint density at radius 3 is 2.56 bits per heavy atom. The summed E-state index contributed by atoms with van der Waals surface area (Å²) in [6, 6.07) is 1.88. The third kappa shape index (κ3) is 1.83. The quantitative estimate of drug-likeness (QED) is 0.749. The minimum atomic E-state index is 0.515. The number of halogens is 1. The molecule has 0 aliphatic carbocycles. The summed E-state index contributed by atoms with van der Waals surface area (Å²) in [6.07, 6.45) is 2.47. The summed E-state index contributed by atoms with van der Waals surface area (Å²) in [5.74, 6) is 1.25. The lowest BCUT2D eigenvalue weighted by molar-refractivity contribution is 0.575. The number of hydrogen-bond acceptors (Lipinski definition) is 3. The van der Waals surface area contributed by atoms with Crippen LogP contribution in [0, 0.1) is 13.8 Å². The number of rotatable bonds is 2. The van der Waals surface area contributed by atoms with E-state index in [-0.39, 0.29) is 0 Å². The van der Waals surface area contributed by atoms with Gasteiger partial charge in [-0.3, -0.25) is 0 Å². The van der Waals surface area contributed by atoms with Gasteiger partial charge < -0.3 is 4.42 Å². The molecule has 2 heterocycles. The van der Waals surface area contributed by atoms with Crippen LogP contribution < -0.4 is 0 Å². The molecule has 0 saturated carbocycles. The SMILES string of the molecule is CCc1c(C)nc(-c2occc2C)nc1Cl. The lowest BCUT2D eigenvalue weighted by Gasteiger charge is -2.06. The van der Waals surface area contributed by atoms with Crippen LogP contribution in [0.4, 0.5) is 0 Å². The van der Waals surface area contributed by atoms with Crippen LogP contribution in [0.2, 0.25) is 5.15 Å². The third-order valence-electron chi connectivity index (χ3n) is 2.58. The van der Waals surface area contributed by atoms with Crippen LogP contribution in [-0.4, -0.2) is 9.97 Å². The van der Waals surface area contributed by atoms with E-state index in [4.69, 9.17) is 16.0 Å². The summed E-state index contributed by atoms with van der Waals surface area (Å²) in [5, 5.41) is 0.515. The second-order valence-electron chi connectivity index (χ2n) is 3.69. The van der Waals surface area contributed by atoms with Crippen molar-refractivity contribution in [2.75, 3.05) is 0 Å². The highest BCUT2D eigenvalue weighted by Gasteiger charge is 2.13. The molecule has 0 aliphatic heterocycles. The molecule has 0 saturated heterocycles. The Bertz CT molecular complexity index is 496. The normalized spacial score (nSPS) is 10.8. The third-order valence-corrected chi connectivity index (χ3v) is 2.89.